The minimum Gasteiger partial charge on any atom is -0.469 e. The van der Waals surface area contributed by atoms with Gasteiger partial charge in [0.05, 0.1) is 25.4 Å². The largest absolute Gasteiger partial charge is 0.469 e. The number of aliphatic hydroxyl groups excluding tert-OH is 3. The van der Waals surface area contributed by atoms with Gasteiger partial charge in [-0.15, -0.1) is 0 Å². The molecule has 5 heteroatoms. The third-order valence-corrected chi connectivity index (χ3v) is 3.55. The number of ether oxygens (including phenoxy) is 1. The van der Waals surface area contributed by atoms with Crippen molar-refractivity contribution in [2.24, 2.45) is 0 Å². The number of carbonyl (C=O) groups is 1. The van der Waals surface area contributed by atoms with E-state index >= 15 is 0 Å². The summed E-state index contributed by atoms with van der Waals surface area (Å²) >= 11 is 0. The minimum absolute atomic E-state index is 0.252. The van der Waals surface area contributed by atoms with Crippen LogP contribution in [0.15, 0.2) is 60.8 Å². The van der Waals surface area contributed by atoms with Crippen molar-refractivity contribution in [3.63, 3.8) is 0 Å². The standard InChI is InChI=1S/C23H32O5/c1-3-4-10-17-21(25)22(26)18-13-8-6-5-7-11-15-20(24)16-12-9-14-19-23(27)28-2/h4,6,8-13,15,18,20-22,24-26H,3,14,16-17,19H2,1-2H3/b8-6+,10-4-,12-9-,15-11+,18-13+/t20-,21+,22-/m1/s1. The van der Waals surface area contributed by atoms with Crippen LogP contribution < -0.4 is 0 Å². The van der Waals surface area contributed by atoms with E-state index in [0.29, 0.717) is 25.7 Å². The number of methoxy groups -OCH3 is 1. The van der Waals surface area contributed by atoms with Gasteiger partial charge in [-0.25, -0.2) is 0 Å². The molecule has 3 N–H and O–H groups in total. The van der Waals surface area contributed by atoms with Crippen molar-refractivity contribution in [1.82, 2.24) is 0 Å². The SMILES string of the molecule is CC/C=C\C[C@H](O)[C@H](O)/C=C/C=C/C#C/C=C/[C@@H](O)C/C=C\CCC(=O)OC. The molecule has 154 valence electrons. The Bertz CT molecular complexity index is 617. The van der Waals surface area contributed by atoms with Crippen molar-refractivity contribution in [2.75, 3.05) is 7.11 Å². The van der Waals surface area contributed by atoms with Gasteiger partial charge in [0, 0.05) is 6.42 Å². The van der Waals surface area contributed by atoms with Crippen molar-refractivity contribution in [2.45, 2.75) is 57.3 Å². The van der Waals surface area contributed by atoms with Crippen LogP contribution in [-0.2, 0) is 9.53 Å². The van der Waals surface area contributed by atoms with Crippen molar-refractivity contribution in [3.8, 4) is 11.8 Å². The second-order valence-corrected chi connectivity index (χ2v) is 5.95. The summed E-state index contributed by atoms with van der Waals surface area (Å²) in [6.45, 7) is 2.01. The first kappa shape index (κ1) is 25.6. The Balaban J connectivity index is 4.08. The van der Waals surface area contributed by atoms with E-state index in [4.69, 9.17) is 0 Å². The monoisotopic (exact) mass is 388 g/mol. The molecule has 0 saturated heterocycles. The highest BCUT2D eigenvalue weighted by Crippen LogP contribution is 2.02. The van der Waals surface area contributed by atoms with E-state index in [-0.39, 0.29) is 5.97 Å². The van der Waals surface area contributed by atoms with Gasteiger partial charge in [0.1, 0.15) is 0 Å². The molecule has 28 heavy (non-hydrogen) atoms. The van der Waals surface area contributed by atoms with Crippen molar-refractivity contribution in [3.05, 3.63) is 60.8 Å². The fourth-order valence-electron chi connectivity index (χ4n) is 1.94. The Kier molecular flexibility index (Phi) is 16.5. The molecule has 0 bridgehead atoms. The molecule has 0 spiro atoms. The molecular formula is C23H32O5. The Morgan fingerprint density at radius 1 is 0.964 bits per heavy atom. The molecule has 3 atom stereocenters. The zero-order valence-electron chi connectivity index (χ0n) is 16.7. The lowest BCUT2D eigenvalue weighted by Gasteiger charge is -2.11. The van der Waals surface area contributed by atoms with Crippen LogP contribution in [0.5, 0.6) is 0 Å². The van der Waals surface area contributed by atoms with Crippen LogP contribution in [0.3, 0.4) is 0 Å². The molecule has 0 aliphatic heterocycles. The topological polar surface area (TPSA) is 87.0 Å². The van der Waals surface area contributed by atoms with E-state index in [1.165, 1.54) is 13.2 Å². The maximum absolute atomic E-state index is 10.9. The van der Waals surface area contributed by atoms with Crippen LogP contribution in [-0.4, -0.2) is 46.7 Å². The van der Waals surface area contributed by atoms with Gasteiger partial charge >= 0.3 is 5.97 Å². The minimum atomic E-state index is -0.921. The Morgan fingerprint density at radius 3 is 2.39 bits per heavy atom. The van der Waals surface area contributed by atoms with Gasteiger partial charge in [-0.1, -0.05) is 61.3 Å². The lowest BCUT2D eigenvalue weighted by molar-refractivity contribution is -0.140. The smallest absolute Gasteiger partial charge is 0.305 e. The quantitative estimate of drug-likeness (QED) is 0.207. The average molecular weight is 389 g/mol. The maximum Gasteiger partial charge on any atom is 0.305 e. The van der Waals surface area contributed by atoms with E-state index < -0.39 is 18.3 Å². The molecule has 0 aliphatic rings. The third-order valence-electron chi connectivity index (χ3n) is 3.55. The van der Waals surface area contributed by atoms with Crippen LogP contribution in [0, 0.1) is 11.8 Å². The molecule has 0 heterocycles. The number of carbonyl (C=O) groups excluding carboxylic acids is 1. The zero-order chi connectivity index (χ0) is 21.0. The second-order valence-electron chi connectivity index (χ2n) is 5.95. The maximum atomic E-state index is 10.9. The van der Waals surface area contributed by atoms with Crippen LogP contribution in [0.2, 0.25) is 0 Å². The highest BCUT2D eigenvalue weighted by Gasteiger charge is 2.10. The highest BCUT2D eigenvalue weighted by atomic mass is 16.5. The summed E-state index contributed by atoms with van der Waals surface area (Å²) in [5.41, 5.74) is 0. The zero-order valence-corrected chi connectivity index (χ0v) is 16.7. The summed E-state index contributed by atoms with van der Waals surface area (Å²) in [4.78, 5) is 10.9. The molecule has 0 aromatic carbocycles. The summed E-state index contributed by atoms with van der Waals surface area (Å²) in [7, 11) is 1.36. The van der Waals surface area contributed by atoms with Gasteiger partial charge in [0.15, 0.2) is 0 Å². The third kappa shape index (κ3) is 15.8. The Hall–Kier alpha value is -2.39. The molecule has 0 unspecified atom stereocenters. The lowest BCUT2D eigenvalue weighted by atomic mass is 10.1. The molecule has 0 saturated carbocycles. The van der Waals surface area contributed by atoms with E-state index in [1.807, 2.05) is 31.2 Å². The number of hydrogen-bond donors (Lipinski definition) is 3. The van der Waals surface area contributed by atoms with Crippen LogP contribution in [0.25, 0.3) is 0 Å². The average Bonchev–Trinajstić information content (AvgIpc) is 2.69. The van der Waals surface area contributed by atoms with E-state index in [1.54, 1.807) is 30.4 Å². The normalized spacial score (nSPS) is 15.5. The van der Waals surface area contributed by atoms with Gasteiger partial charge in [0.2, 0.25) is 0 Å². The molecule has 0 aromatic heterocycles. The molecular weight excluding hydrogens is 356 g/mol. The number of esters is 1. The first-order chi connectivity index (χ1) is 13.5. The predicted molar refractivity (Wildman–Crippen MR) is 112 cm³/mol. The van der Waals surface area contributed by atoms with E-state index in [2.05, 4.69) is 16.6 Å². The molecule has 0 aliphatic carbocycles. The second kappa shape index (κ2) is 18.0. The molecule has 0 fully saturated rings. The number of hydrogen-bond acceptors (Lipinski definition) is 5. The first-order valence-electron chi connectivity index (χ1n) is 9.43. The number of allylic oxidation sites excluding steroid dienone is 6. The Morgan fingerprint density at radius 2 is 1.68 bits per heavy atom. The van der Waals surface area contributed by atoms with E-state index in [0.717, 1.165) is 6.42 Å². The van der Waals surface area contributed by atoms with Gasteiger partial charge in [-0.05, 0) is 43.9 Å². The summed E-state index contributed by atoms with van der Waals surface area (Å²) in [5, 5.41) is 29.2. The molecule has 5 nitrogen and oxygen atoms in total. The van der Waals surface area contributed by atoms with Crippen LogP contribution >= 0.6 is 0 Å². The van der Waals surface area contributed by atoms with Crippen molar-refractivity contribution >= 4 is 5.97 Å². The molecule has 0 amide bonds. The summed E-state index contributed by atoms with van der Waals surface area (Å²) in [5.74, 6) is 5.29. The van der Waals surface area contributed by atoms with Gasteiger partial charge in [0.25, 0.3) is 0 Å². The summed E-state index contributed by atoms with van der Waals surface area (Å²) in [6, 6.07) is 0. The predicted octanol–water partition coefficient (Wildman–Crippen LogP) is 3.00. The van der Waals surface area contributed by atoms with Crippen LogP contribution in [0.1, 0.15) is 39.0 Å². The van der Waals surface area contributed by atoms with Crippen molar-refractivity contribution < 1.29 is 24.9 Å². The Labute approximate surface area is 168 Å². The summed E-state index contributed by atoms with van der Waals surface area (Å²) < 4.78 is 4.53. The van der Waals surface area contributed by atoms with Gasteiger partial charge in [-0.2, -0.15) is 0 Å². The first-order valence-corrected chi connectivity index (χ1v) is 9.43. The highest BCUT2D eigenvalue weighted by molar-refractivity contribution is 5.69. The molecule has 0 radical (unpaired) electrons. The fourth-order valence-corrected chi connectivity index (χ4v) is 1.94. The fraction of sp³-hybridized carbons (Fsp3) is 0.435. The van der Waals surface area contributed by atoms with E-state index in [9.17, 15) is 20.1 Å². The van der Waals surface area contributed by atoms with Crippen molar-refractivity contribution in [1.29, 1.82) is 0 Å². The summed E-state index contributed by atoms with van der Waals surface area (Å²) in [6.07, 6.45) is 17.3. The van der Waals surface area contributed by atoms with Gasteiger partial charge < -0.3 is 20.1 Å². The molecule has 0 aromatic rings. The number of aliphatic hydroxyl groups is 3. The van der Waals surface area contributed by atoms with Gasteiger partial charge in [-0.3, -0.25) is 4.79 Å². The lowest BCUT2D eigenvalue weighted by Crippen LogP contribution is -2.22. The number of rotatable bonds is 12. The molecule has 0 rings (SSSR count). The van der Waals surface area contributed by atoms with Crippen LogP contribution in [0.4, 0.5) is 0 Å².